The lowest BCUT2D eigenvalue weighted by Gasteiger charge is -2.08. The van der Waals surface area contributed by atoms with Crippen LogP contribution >= 0.6 is 11.3 Å². The molecule has 0 fully saturated rings. The van der Waals surface area contributed by atoms with Crippen molar-refractivity contribution in [3.05, 3.63) is 52.2 Å². The molecule has 0 atom stereocenters. The molecule has 2 aromatic carbocycles. The minimum atomic E-state index is -0.543. The first kappa shape index (κ1) is 13.6. The molecule has 3 aromatic rings. The summed E-state index contributed by atoms with van der Waals surface area (Å²) < 4.78 is 11.6. The number of fused-ring (bicyclic) bond motifs is 2. The SMILES string of the molecule is COC(=O)c1cc(OC)cc2sc3ccccc3c(=O)c12. The first-order valence-electron chi connectivity index (χ1n) is 6.27. The predicted molar refractivity (Wildman–Crippen MR) is 83.5 cm³/mol. The monoisotopic (exact) mass is 300 g/mol. The van der Waals surface area contributed by atoms with E-state index in [1.165, 1.54) is 31.6 Å². The third-order valence-corrected chi connectivity index (χ3v) is 4.41. The van der Waals surface area contributed by atoms with Crippen LogP contribution in [0.1, 0.15) is 10.4 Å². The molecule has 0 unspecified atom stereocenters. The summed E-state index contributed by atoms with van der Waals surface area (Å²) in [6.45, 7) is 0. The average Bonchev–Trinajstić information content (AvgIpc) is 2.53. The Kier molecular flexibility index (Phi) is 3.35. The number of carbonyl (C=O) groups is 1. The summed E-state index contributed by atoms with van der Waals surface area (Å²) in [4.78, 5) is 24.7. The third-order valence-electron chi connectivity index (χ3n) is 3.30. The summed E-state index contributed by atoms with van der Waals surface area (Å²) in [6, 6.07) is 10.6. The largest absolute Gasteiger partial charge is 0.497 e. The molecule has 0 aliphatic rings. The standard InChI is InChI=1S/C16H12O4S/c1-19-9-7-11(16(18)20-2)14-13(8-9)21-12-6-4-3-5-10(12)15(14)17/h3-8H,1-2H3. The van der Waals surface area contributed by atoms with E-state index in [1.54, 1.807) is 12.1 Å². The van der Waals surface area contributed by atoms with Gasteiger partial charge < -0.3 is 9.47 Å². The van der Waals surface area contributed by atoms with Crippen LogP contribution in [-0.4, -0.2) is 20.2 Å². The summed E-state index contributed by atoms with van der Waals surface area (Å²) >= 11 is 1.45. The highest BCUT2D eigenvalue weighted by atomic mass is 32.1. The van der Waals surface area contributed by atoms with Crippen LogP contribution in [0.5, 0.6) is 5.75 Å². The maximum absolute atomic E-state index is 12.7. The molecular formula is C16H12O4S. The second-order valence-corrected chi connectivity index (χ2v) is 5.55. The minimum Gasteiger partial charge on any atom is -0.497 e. The quantitative estimate of drug-likeness (QED) is 0.538. The van der Waals surface area contributed by atoms with Gasteiger partial charge in [0, 0.05) is 14.8 Å². The lowest BCUT2D eigenvalue weighted by atomic mass is 10.1. The summed E-state index contributed by atoms with van der Waals surface area (Å²) in [5, 5.41) is 0.983. The van der Waals surface area contributed by atoms with Crippen LogP contribution < -0.4 is 10.2 Å². The number of hydrogen-bond donors (Lipinski definition) is 0. The Hall–Kier alpha value is -2.40. The molecule has 0 aliphatic heterocycles. The molecule has 0 saturated carbocycles. The van der Waals surface area contributed by atoms with E-state index in [1.807, 2.05) is 18.2 Å². The van der Waals surface area contributed by atoms with Gasteiger partial charge in [0.05, 0.1) is 25.2 Å². The van der Waals surface area contributed by atoms with Gasteiger partial charge in [0.15, 0.2) is 5.43 Å². The summed E-state index contributed by atoms with van der Waals surface area (Å²) in [7, 11) is 2.81. The van der Waals surface area contributed by atoms with E-state index in [2.05, 4.69) is 0 Å². The number of ether oxygens (including phenoxy) is 2. The van der Waals surface area contributed by atoms with Crippen molar-refractivity contribution in [2.75, 3.05) is 14.2 Å². The van der Waals surface area contributed by atoms with Gasteiger partial charge in [-0.25, -0.2) is 4.79 Å². The Bertz CT molecular complexity index is 911. The Morgan fingerprint density at radius 2 is 1.86 bits per heavy atom. The molecule has 3 rings (SSSR count). The molecule has 0 spiro atoms. The van der Waals surface area contributed by atoms with Gasteiger partial charge in [-0.15, -0.1) is 11.3 Å². The van der Waals surface area contributed by atoms with Crippen molar-refractivity contribution in [2.45, 2.75) is 0 Å². The number of benzene rings is 2. The molecule has 106 valence electrons. The third kappa shape index (κ3) is 2.15. The maximum Gasteiger partial charge on any atom is 0.338 e. The van der Waals surface area contributed by atoms with E-state index >= 15 is 0 Å². The van der Waals surface area contributed by atoms with Crippen LogP contribution in [0, 0.1) is 0 Å². The van der Waals surface area contributed by atoms with Crippen molar-refractivity contribution < 1.29 is 14.3 Å². The van der Waals surface area contributed by atoms with Crippen LogP contribution in [0.15, 0.2) is 41.2 Å². The fraction of sp³-hybridized carbons (Fsp3) is 0.125. The van der Waals surface area contributed by atoms with E-state index < -0.39 is 5.97 Å². The summed E-state index contributed by atoms with van der Waals surface area (Å²) in [6.07, 6.45) is 0. The first-order chi connectivity index (χ1) is 10.2. The van der Waals surface area contributed by atoms with Crippen molar-refractivity contribution in [3.63, 3.8) is 0 Å². The number of carbonyl (C=O) groups excluding carboxylic acids is 1. The number of hydrogen-bond acceptors (Lipinski definition) is 5. The molecule has 1 aromatic heterocycles. The Labute approximate surface area is 124 Å². The first-order valence-corrected chi connectivity index (χ1v) is 7.09. The fourth-order valence-corrected chi connectivity index (χ4v) is 3.42. The van der Waals surface area contributed by atoms with Crippen molar-refractivity contribution in [1.82, 2.24) is 0 Å². The molecule has 0 N–H and O–H groups in total. The normalized spacial score (nSPS) is 10.8. The maximum atomic E-state index is 12.7. The number of methoxy groups -OCH3 is 2. The van der Waals surface area contributed by atoms with Crippen LogP contribution in [0.2, 0.25) is 0 Å². The Balaban J connectivity index is 2.52. The summed E-state index contributed by atoms with van der Waals surface area (Å²) in [5.41, 5.74) is 0.0706. The lowest BCUT2D eigenvalue weighted by Crippen LogP contribution is -2.10. The highest BCUT2D eigenvalue weighted by Crippen LogP contribution is 2.30. The molecular weight excluding hydrogens is 288 g/mol. The molecule has 0 bridgehead atoms. The summed E-state index contributed by atoms with van der Waals surface area (Å²) in [5.74, 6) is -0.0210. The van der Waals surface area contributed by atoms with E-state index in [9.17, 15) is 9.59 Å². The van der Waals surface area contributed by atoms with Crippen molar-refractivity contribution >= 4 is 37.5 Å². The molecule has 0 radical (unpaired) electrons. The molecule has 1 heterocycles. The zero-order valence-corrected chi connectivity index (χ0v) is 12.3. The van der Waals surface area contributed by atoms with Gasteiger partial charge in [-0.05, 0) is 24.3 Å². The number of esters is 1. The zero-order chi connectivity index (χ0) is 15.0. The van der Waals surface area contributed by atoms with Crippen LogP contribution in [-0.2, 0) is 4.74 Å². The van der Waals surface area contributed by atoms with Crippen molar-refractivity contribution in [2.24, 2.45) is 0 Å². The molecule has 4 nitrogen and oxygen atoms in total. The Morgan fingerprint density at radius 1 is 1.10 bits per heavy atom. The molecule has 0 aliphatic carbocycles. The van der Waals surface area contributed by atoms with Gasteiger partial charge in [0.2, 0.25) is 0 Å². The minimum absolute atomic E-state index is 0.164. The van der Waals surface area contributed by atoms with Gasteiger partial charge in [-0.2, -0.15) is 0 Å². The van der Waals surface area contributed by atoms with Gasteiger partial charge >= 0.3 is 5.97 Å². The Morgan fingerprint density at radius 3 is 2.57 bits per heavy atom. The van der Waals surface area contributed by atoms with E-state index in [4.69, 9.17) is 9.47 Å². The zero-order valence-electron chi connectivity index (χ0n) is 11.5. The van der Waals surface area contributed by atoms with Gasteiger partial charge in [-0.3, -0.25) is 4.79 Å². The van der Waals surface area contributed by atoms with Gasteiger partial charge in [-0.1, -0.05) is 12.1 Å². The second-order valence-electron chi connectivity index (χ2n) is 4.47. The van der Waals surface area contributed by atoms with E-state index in [0.717, 1.165) is 4.70 Å². The topological polar surface area (TPSA) is 52.6 Å². The highest BCUT2D eigenvalue weighted by molar-refractivity contribution is 7.24. The van der Waals surface area contributed by atoms with Gasteiger partial charge in [0.1, 0.15) is 5.75 Å². The van der Waals surface area contributed by atoms with Crippen LogP contribution in [0.25, 0.3) is 20.2 Å². The van der Waals surface area contributed by atoms with Crippen molar-refractivity contribution in [3.8, 4) is 5.75 Å². The average molecular weight is 300 g/mol. The van der Waals surface area contributed by atoms with E-state index in [0.29, 0.717) is 21.2 Å². The highest BCUT2D eigenvalue weighted by Gasteiger charge is 2.17. The predicted octanol–water partition coefficient (Wildman–Crippen LogP) is 3.21. The van der Waals surface area contributed by atoms with Crippen LogP contribution in [0.4, 0.5) is 0 Å². The smallest absolute Gasteiger partial charge is 0.338 e. The molecule has 5 heteroatoms. The van der Waals surface area contributed by atoms with Crippen LogP contribution in [0.3, 0.4) is 0 Å². The second kappa shape index (κ2) is 5.18. The molecule has 0 amide bonds. The molecule has 21 heavy (non-hydrogen) atoms. The van der Waals surface area contributed by atoms with Crippen molar-refractivity contribution in [1.29, 1.82) is 0 Å². The fourth-order valence-electron chi connectivity index (χ4n) is 2.29. The van der Waals surface area contributed by atoms with E-state index in [-0.39, 0.29) is 11.0 Å². The van der Waals surface area contributed by atoms with Gasteiger partial charge in [0.25, 0.3) is 0 Å². The lowest BCUT2D eigenvalue weighted by molar-refractivity contribution is 0.0602. The molecule has 0 saturated heterocycles. The number of rotatable bonds is 2.